The molecule has 0 radical (unpaired) electrons. The first-order valence-electron chi connectivity index (χ1n) is 8.23. The first-order chi connectivity index (χ1) is 9.65. The molecule has 0 heterocycles. The fourth-order valence-electron chi connectivity index (χ4n) is 3.06. The summed E-state index contributed by atoms with van der Waals surface area (Å²) in [5.41, 5.74) is 0. The van der Waals surface area contributed by atoms with Crippen LogP contribution in [0, 0.1) is 11.8 Å². The van der Waals surface area contributed by atoms with Crippen LogP contribution < -0.4 is 0 Å². The third-order valence-corrected chi connectivity index (χ3v) is 4.63. The summed E-state index contributed by atoms with van der Waals surface area (Å²) < 4.78 is 0. The fourth-order valence-corrected chi connectivity index (χ4v) is 3.06. The summed E-state index contributed by atoms with van der Waals surface area (Å²) in [6, 6.07) is 0. The molecule has 0 atom stereocenters. The lowest BCUT2D eigenvalue weighted by Crippen LogP contribution is -2.19. The van der Waals surface area contributed by atoms with Crippen molar-refractivity contribution in [2.45, 2.75) is 76.4 Å². The zero-order chi connectivity index (χ0) is 14.8. The summed E-state index contributed by atoms with van der Waals surface area (Å²) in [5.74, 6) is 1.03. The van der Waals surface area contributed by atoms with Gasteiger partial charge in [-0.1, -0.05) is 0 Å². The summed E-state index contributed by atoms with van der Waals surface area (Å²) >= 11 is 0. The summed E-state index contributed by atoms with van der Waals surface area (Å²) in [4.78, 5) is 0. The van der Waals surface area contributed by atoms with Crippen LogP contribution in [0.25, 0.3) is 0 Å². The maximum absolute atomic E-state index is 9.22. The van der Waals surface area contributed by atoms with E-state index in [0.29, 0.717) is 25.0 Å². The Balaban J connectivity index is 0.000000200. The second-order valence-electron chi connectivity index (χ2n) is 6.42. The average Bonchev–Trinajstić information content (AvgIpc) is 2.46. The number of aliphatic hydroxyl groups is 4. The Kier molecular flexibility index (Phi) is 9.44. The van der Waals surface area contributed by atoms with Gasteiger partial charge in [-0.25, -0.2) is 0 Å². The van der Waals surface area contributed by atoms with Crippen LogP contribution in [0.15, 0.2) is 0 Å². The Labute approximate surface area is 122 Å². The standard InChI is InChI=1S/2C8H16O2/c9-7-3-1-4-8(10)6-2-5-7;9-5-7-1-2-8(6-10)4-3-7/h2*7-10H,1-6H2. The molecular weight excluding hydrogens is 256 g/mol. The predicted molar refractivity (Wildman–Crippen MR) is 79.3 cm³/mol. The summed E-state index contributed by atoms with van der Waals surface area (Å²) in [5, 5.41) is 36.0. The van der Waals surface area contributed by atoms with Crippen molar-refractivity contribution in [3.05, 3.63) is 0 Å². The number of aliphatic hydroxyl groups excluding tert-OH is 4. The van der Waals surface area contributed by atoms with E-state index in [0.717, 1.165) is 64.2 Å². The Bertz CT molecular complexity index is 195. The van der Waals surface area contributed by atoms with Gasteiger partial charge in [0, 0.05) is 13.2 Å². The first-order valence-corrected chi connectivity index (χ1v) is 8.23. The van der Waals surface area contributed by atoms with Gasteiger partial charge in [-0.3, -0.25) is 0 Å². The SMILES string of the molecule is OC1CCCC(O)CCC1.OCC1CCC(CO)CC1. The molecule has 0 bridgehead atoms. The highest BCUT2D eigenvalue weighted by Gasteiger charge is 2.19. The highest BCUT2D eigenvalue weighted by atomic mass is 16.3. The predicted octanol–water partition coefficient (Wildman–Crippen LogP) is 1.84. The van der Waals surface area contributed by atoms with Crippen LogP contribution in [0.4, 0.5) is 0 Å². The quantitative estimate of drug-likeness (QED) is 0.625. The van der Waals surface area contributed by atoms with E-state index in [2.05, 4.69) is 0 Å². The second kappa shape index (κ2) is 10.6. The van der Waals surface area contributed by atoms with Crippen LogP contribution in [-0.2, 0) is 0 Å². The summed E-state index contributed by atoms with van der Waals surface area (Å²) in [6.07, 6.45) is 9.62. The third-order valence-electron chi connectivity index (χ3n) is 4.63. The lowest BCUT2D eigenvalue weighted by Gasteiger charge is -2.25. The monoisotopic (exact) mass is 288 g/mol. The van der Waals surface area contributed by atoms with Crippen LogP contribution in [0.2, 0.25) is 0 Å². The fraction of sp³-hybridized carbons (Fsp3) is 1.00. The van der Waals surface area contributed by atoms with Crippen molar-refractivity contribution in [2.75, 3.05) is 13.2 Å². The number of hydrogen-bond acceptors (Lipinski definition) is 4. The van der Waals surface area contributed by atoms with Gasteiger partial charge >= 0.3 is 0 Å². The van der Waals surface area contributed by atoms with Crippen LogP contribution in [0.1, 0.15) is 64.2 Å². The first kappa shape index (κ1) is 17.9. The second-order valence-corrected chi connectivity index (χ2v) is 6.42. The maximum atomic E-state index is 9.22. The number of hydrogen-bond donors (Lipinski definition) is 4. The minimum absolute atomic E-state index is 0.104. The molecule has 4 heteroatoms. The zero-order valence-electron chi connectivity index (χ0n) is 12.6. The Morgan fingerprint density at radius 2 is 0.850 bits per heavy atom. The van der Waals surface area contributed by atoms with Gasteiger partial charge in [0.2, 0.25) is 0 Å². The van der Waals surface area contributed by atoms with Crippen molar-refractivity contribution < 1.29 is 20.4 Å². The van der Waals surface area contributed by atoms with Gasteiger partial charge in [-0.05, 0) is 76.0 Å². The van der Waals surface area contributed by atoms with Gasteiger partial charge in [0.05, 0.1) is 12.2 Å². The van der Waals surface area contributed by atoms with Gasteiger partial charge in [-0.15, -0.1) is 0 Å². The molecule has 4 nitrogen and oxygen atoms in total. The Morgan fingerprint density at radius 3 is 1.10 bits per heavy atom. The van der Waals surface area contributed by atoms with Gasteiger partial charge < -0.3 is 20.4 Å². The van der Waals surface area contributed by atoms with Crippen molar-refractivity contribution in [2.24, 2.45) is 11.8 Å². The average molecular weight is 288 g/mol. The van der Waals surface area contributed by atoms with Gasteiger partial charge in [0.25, 0.3) is 0 Å². The maximum Gasteiger partial charge on any atom is 0.0540 e. The molecular formula is C16H32O4. The van der Waals surface area contributed by atoms with E-state index >= 15 is 0 Å². The normalized spacial score (nSPS) is 35.4. The topological polar surface area (TPSA) is 80.9 Å². The molecule has 4 N–H and O–H groups in total. The van der Waals surface area contributed by atoms with Crippen LogP contribution in [0.3, 0.4) is 0 Å². The zero-order valence-corrected chi connectivity index (χ0v) is 12.6. The Hall–Kier alpha value is -0.160. The molecule has 0 aliphatic heterocycles. The molecule has 0 aromatic heterocycles. The van der Waals surface area contributed by atoms with E-state index in [1.807, 2.05) is 0 Å². The lowest BCUT2D eigenvalue weighted by atomic mass is 9.83. The third kappa shape index (κ3) is 7.58. The molecule has 2 rings (SSSR count). The lowest BCUT2D eigenvalue weighted by molar-refractivity contribution is 0.0953. The molecule has 2 aliphatic rings. The van der Waals surface area contributed by atoms with Crippen molar-refractivity contribution in [3.63, 3.8) is 0 Å². The van der Waals surface area contributed by atoms with Crippen LogP contribution in [0.5, 0.6) is 0 Å². The molecule has 0 unspecified atom stereocenters. The van der Waals surface area contributed by atoms with Gasteiger partial charge in [0.1, 0.15) is 0 Å². The molecule has 0 aromatic rings. The van der Waals surface area contributed by atoms with Crippen LogP contribution in [-0.4, -0.2) is 45.8 Å². The minimum atomic E-state index is -0.104. The van der Waals surface area contributed by atoms with Crippen molar-refractivity contribution in [1.29, 1.82) is 0 Å². The van der Waals surface area contributed by atoms with E-state index in [1.165, 1.54) is 0 Å². The van der Waals surface area contributed by atoms with E-state index in [1.54, 1.807) is 0 Å². The summed E-state index contributed by atoms with van der Waals surface area (Å²) in [6.45, 7) is 0.663. The van der Waals surface area contributed by atoms with Gasteiger partial charge in [-0.2, -0.15) is 0 Å². The highest BCUT2D eigenvalue weighted by molar-refractivity contribution is 4.71. The molecule has 2 fully saturated rings. The summed E-state index contributed by atoms with van der Waals surface area (Å²) in [7, 11) is 0. The molecule has 120 valence electrons. The molecule has 2 aliphatic carbocycles. The highest BCUT2D eigenvalue weighted by Crippen LogP contribution is 2.27. The smallest absolute Gasteiger partial charge is 0.0540 e. The van der Waals surface area contributed by atoms with E-state index in [-0.39, 0.29) is 12.2 Å². The molecule has 0 amide bonds. The molecule has 0 aromatic carbocycles. The number of rotatable bonds is 2. The van der Waals surface area contributed by atoms with Crippen molar-refractivity contribution in [3.8, 4) is 0 Å². The van der Waals surface area contributed by atoms with Crippen molar-refractivity contribution >= 4 is 0 Å². The van der Waals surface area contributed by atoms with E-state index in [9.17, 15) is 10.2 Å². The Morgan fingerprint density at radius 1 is 0.550 bits per heavy atom. The van der Waals surface area contributed by atoms with Crippen molar-refractivity contribution in [1.82, 2.24) is 0 Å². The molecule has 20 heavy (non-hydrogen) atoms. The van der Waals surface area contributed by atoms with E-state index < -0.39 is 0 Å². The van der Waals surface area contributed by atoms with Crippen LogP contribution >= 0.6 is 0 Å². The van der Waals surface area contributed by atoms with Gasteiger partial charge in [0.15, 0.2) is 0 Å². The molecule has 2 saturated carbocycles. The molecule has 0 saturated heterocycles. The minimum Gasteiger partial charge on any atom is -0.396 e. The largest absolute Gasteiger partial charge is 0.396 e. The van der Waals surface area contributed by atoms with E-state index in [4.69, 9.17) is 10.2 Å². The molecule has 0 spiro atoms.